The zero-order valence-corrected chi connectivity index (χ0v) is 16.8. The van der Waals surface area contributed by atoms with Crippen molar-refractivity contribution in [2.24, 2.45) is 5.92 Å². The van der Waals surface area contributed by atoms with Gasteiger partial charge in [-0.05, 0) is 62.9 Å². The van der Waals surface area contributed by atoms with Crippen molar-refractivity contribution in [1.82, 2.24) is 15.2 Å². The molecule has 150 valence electrons. The second-order valence-corrected chi connectivity index (χ2v) is 8.16. The van der Waals surface area contributed by atoms with Crippen LogP contribution in [0.4, 0.5) is 5.69 Å². The van der Waals surface area contributed by atoms with Crippen LogP contribution >= 0.6 is 11.6 Å². The molecule has 0 saturated carbocycles. The van der Waals surface area contributed by atoms with Gasteiger partial charge in [-0.2, -0.15) is 0 Å². The predicted octanol–water partition coefficient (Wildman–Crippen LogP) is 3.09. The lowest BCUT2D eigenvalue weighted by Gasteiger charge is -2.39. The maximum Gasteiger partial charge on any atom is 0.253 e. The van der Waals surface area contributed by atoms with Crippen LogP contribution in [0, 0.1) is 5.92 Å². The van der Waals surface area contributed by atoms with Crippen LogP contribution < -0.4 is 11.1 Å². The topological polar surface area (TPSA) is 80.5 Å². The molecule has 2 aromatic rings. The van der Waals surface area contributed by atoms with Crippen molar-refractivity contribution < 1.29 is 9.53 Å². The largest absolute Gasteiger partial charge is 0.397 e. The first-order valence-electron chi connectivity index (χ1n) is 10.1. The lowest BCUT2D eigenvalue weighted by Crippen LogP contribution is -2.45. The fraction of sp³-hybridized carbons (Fsp3) is 0.524. The normalized spacial score (nSPS) is 19.8. The Morgan fingerprint density at radius 3 is 2.79 bits per heavy atom. The number of aromatic nitrogens is 1. The minimum atomic E-state index is -0.141. The highest BCUT2D eigenvalue weighted by Crippen LogP contribution is 2.30. The van der Waals surface area contributed by atoms with Crippen LogP contribution in [-0.2, 0) is 4.74 Å². The number of piperidine rings is 1. The summed E-state index contributed by atoms with van der Waals surface area (Å²) in [6, 6.07) is 5.92. The molecule has 0 bridgehead atoms. The number of rotatable bonds is 4. The van der Waals surface area contributed by atoms with Gasteiger partial charge in [0, 0.05) is 37.4 Å². The second kappa shape index (κ2) is 8.64. The van der Waals surface area contributed by atoms with Crippen LogP contribution in [0.3, 0.4) is 0 Å². The highest BCUT2D eigenvalue weighted by molar-refractivity contribution is 6.35. The number of hydrogen-bond donors (Lipinski definition) is 2. The molecule has 3 heterocycles. The Balaban J connectivity index is 1.35. The Morgan fingerprint density at radius 2 is 2.04 bits per heavy atom. The van der Waals surface area contributed by atoms with E-state index in [1.54, 1.807) is 18.3 Å². The van der Waals surface area contributed by atoms with Crippen molar-refractivity contribution in [3.05, 3.63) is 35.0 Å². The number of nitrogens with zero attached hydrogens (tertiary/aromatic N) is 2. The third kappa shape index (κ3) is 4.09. The van der Waals surface area contributed by atoms with Crippen molar-refractivity contribution >= 4 is 34.1 Å². The summed E-state index contributed by atoms with van der Waals surface area (Å²) in [4.78, 5) is 19.7. The van der Waals surface area contributed by atoms with Gasteiger partial charge < -0.3 is 20.7 Å². The smallest absolute Gasteiger partial charge is 0.253 e. The first kappa shape index (κ1) is 19.4. The third-order valence-corrected chi connectivity index (χ3v) is 6.35. The zero-order chi connectivity index (χ0) is 19.5. The van der Waals surface area contributed by atoms with Gasteiger partial charge in [0.1, 0.15) is 0 Å². The minimum absolute atomic E-state index is 0.141. The molecular weight excluding hydrogens is 376 g/mol. The van der Waals surface area contributed by atoms with E-state index in [-0.39, 0.29) is 5.91 Å². The van der Waals surface area contributed by atoms with E-state index in [9.17, 15) is 4.79 Å². The van der Waals surface area contributed by atoms with Gasteiger partial charge in [-0.1, -0.05) is 11.6 Å². The summed E-state index contributed by atoms with van der Waals surface area (Å²) in [5.41, 5.74) is 7.57. The molecule has 0 unspecified atom stereocenters. The van der Waals surface area contributed by atoms with Gasteiger partial charge in [0.2, 0.25) is 0 Å². The molecule has 0 radical (unpaired) electrons. The highest BCUT2D eigenvalue weighted by Gasteiger charge is 2.27. The van der Waals surface area contributed by atoms with E-state index in [1.807, 2.05) is 6.07 Å². The number of carbonyl (C=O) groups excluding carboxylic acids is 1. The Labute approximate surface area is 170 Å². The summed E-state index contributed by atoms with van der Waals surface area (Å²) >= 11 is 6.23. The molecule has 2 aliphatic rings. The molecule has 0 atom stereocenters. The van der Waals surface area contributed by atoms with E-state index < -0.39 is 0 Å². The summed E-state index contributed by atoms with van der Waals surface area (Å²) in [6.45, 7) is 4.64. The number of ether oxygens (including phenoxy) is 1. The number of hydrogen-bond acceptors (Lipinski definition) is 5. The number of anilines is 1. The molecule has 1 aromatic carbocycles. The number of amides is 1. The Hall–Kier alpha value is -1.89. The van der Waals surface area contributed by atoms with Gasteiger partial charge in [-0.15, -0.1) is 0 Å². The average Bonchev–Trinajstić information content (AvgIpc) is 2.75. The molecule has 2 saturated heterocycles. The second-order valence-electron chi connectivity index (χ2n) is 7.75. The molecule has 3 N–H and O–H groups in total. The number of halogens is 1. The molecule has 4 rings (SSSR count). The van der Waals surface area contributed by atoms with E-state index in [0.29, 0.717) is 45.7 Å². The summed E-state index contributed by atoms with van der Waals surface area (Å²) in [6.07, 6.45) is 6.16. The molecule has 6 nitrogen and oxygen atoms in total. The predicted molar refractivity (Wildman–Crippen MR) is 112 cm³/mol. The standard InChI is InChI=1S/C21H27ClN4O2/c22-18-12-17(20-16(19(18)23)2-1-7-24-20)21(27)25-13-14-3-8-26(9-4-14)15-5-10-28-11-6-15/h1-2,7,12,14-15H,3-6,8-11,13,23H2,(H,25,27). The van der Waals surface area contributed by atoms with Crippen molar-refractivity contribution in [1.29, 1.82) is 0 Å². The van der Waals surface area contributed by atoms with Gasteiger partial charge in [0.15, 0.2) is 0 Å². The number of nitrogens with two attached hydrogens (primary N) is 1. The molecule has 28 heavy (non-hydrogen) atoms. The molecule has 2 fully saturated rings. The van der Waals surface area contributed by atoms with Crippen LogP contribution in [0.2, 0.25) is 5.02 Å². The number of nitrogens with one attached hydrogen (secondary N) is 1. The molecule has 0 aliphatic carbocycles. The Morgan fingerprint density at radius 1 is 1.29 bits per heavy atom. The molecule has 1 amide bonds. The van der Waals surface area contributed by atoms with Gasteiger partial charge >= 0.3 is 0 Å². The number of likely N-dealkylation sites (tertiary alicyclic amines) is 1. The maximum atomic E-state index is 12.8. The van der Waals surface area contributed by atoms with Gasteiger partial charge in [0.05, 0.1) is 21.8 Å². The molecular formula is C21H27ClN4O2. The quantitative estimate of drug-likeness (QED) is 0.768. The van der Waals surface area contributed by atoms with Crippen LogP contribution in [0.25, 0.3) is 10.9 Å². The number of nitrogen functional groups attached to an aromatic ring is 1. The number of carbonyl (C=O) groups is 1. The van der Waals surface area contributed by atoms with Gasteiger partial charge in [-0.25, -0.2) is 0 Å². The van der Waals surface area contributed by atoms with Crippen LogP contribution in [0.5, 0.6) is 0 Å². The fourth-order valence-corrected chi connectivity index (χ4v) is 4.53. The minimum Gasteiger partial charge on any atom is -0.397 e. The Kier molecular flexibility index (Phi) is 5.99. The molecule has 7 heteroatoms. The van der Waals surface area contributed by atoms with Crippen LogP contribution in [0.1, 0.15) is 36.0 Å². The monoisotopic (exact) mass is 402 g/mol. The van der Waals surface area contributed by atoms with Crippen molar-refractivity contribution in [3.63, 3.8) is 0 Å². The highest BCUT2D eigenvalue weighted by atomic mass is 35.5. The summed E-state index contributed by atoms with van der Waals surface area (Å²) in [5, 5.41) is 4.18. The van der Waals surface area contributed by atoms with E-state index in [2.05, 4.69) is 15.2 Å². The first-order chi connectivity index (χ1) is 13.6. The molecule has 2 aliphatic heterocycles. The van der Waals surface area contributed by atoms with E-state index in [1.165, 1.54) is 0 Å². The number of benzene rings is 1. The summed E-state index contributed by atoms with van der Waals surface area (Å²) in [7, 11) is 0. The average molecular weight is 403 g/mol. The van der Waals surface area contributed by atoms with Crippen molar-refractivity contribution in [3.8, 4) is 0 Å². The van der Waals surface area contributed by atoms with Gasteiger partial charge in [0.25, 0.3) is 5.91 Å². The van der Waals surface area contributed by atoms with Crippen LogP contribution in [-0.4, -0.2) is 54.7 Å². The van der Waals surface area contributed by atoms with E-state index >= 15 is 0 Å². The lowest BCUT2D eigenvalue weighted by atomic mass is 9.94. The van der Waals surface area contributed by atoms with E-state index in [0.717, 1.165) is 52.0 Å². The maximum absolute atomic E-state index is 12.8. The van der Waals surface area contributed by atoms with Crippen molar-refractivity contribution in [2.75, 3.05) is 38.6 Å². The van der Waals surface area contributed by atoms with E-state index in [4.69, 9.17) is 22.1 Å². The van der Waals surface area contributed by atoms with Crippen molar-refractivity contribution in [2.45, 2.75) is 31.7 Å². The number of pyridine rings is 1. The van der Waals surface area contributed by atoms with Gasteiger partial charge in [-0.3, -0.25) is 9.78 Å². The fourth-order valence-electron chi connectivity index (χ4n) is 4.32. The molecule has 0 spiro atoms. The summed E-state index contributed by atoms with van der Waals surface area (Å²) < 4.78 is 5.47. The number of fused-ring (bicyclic) bond motifs is 1. The first-order valence-corrected chi connectivity index (χ1v) is 10.4. The Bertz CT molecular complexity index is 846. The third-order valence-electron chi connectivity index (χ3n) is 6.03. The SMILES string of the molecule is Nc1c(Cl)cc(C(=O)NCC2CCN(C3CCOCC3)CC2)c2ncccc12. The molecule has 1 aromatic heterocycles. The van der Waals surface area contributed by atoms with Crippen LogP contribution in [0.15, 0.2) is 24.4 Å². The lowest BCUT2D eigenvalue weighted by molar-refractivity contribution is 0.0211. The summed E-state index contributed by atoms with van der Waals surface area (Å²) in [5.74, 6) is 0.362. The zero-order valence-electron chi connectivity index (χ0n) is 16.0.